The molecule has 0 saturated carbocycles. The number of ether oxygens (including phenoxy) is 1. The van der Waals surface area contributed by atoms with Gasteiger partial charge in [0, 0.05) is 11.1 Å². The Balaban J connectivity index is 3.07. The number of alkyl halides is 5. The number of carbonyl (C=O) groups is 1. The molecule has 0 fully saturated rings. The second-order valence-corrected chi connectivity index (χ2v) is 2.76. The molecule has 0 amide bonds. The topological polar surface area (TPSA) is 26.3 Å². The van der Waals surface area contributed by atoms with Crippen LogP contribution in [0.25, 0.3) is 0 Å². The van der Waals surface area contributed by atoms with Gasteiger partial charge in [-0.05, 0) is 18.2 Å². The van der Waals surface area contributed by atoms with E-state index in [9.17, 15) is 26.7 Å². The molecule has 0 unspecified atom stereocenters. The van der Waals surface area contributed by atoms with Gasteiger partial charge >= 0.3 is 6.36 Å². The highest BCUT2D eigenvalue weighted by molar-refractivity contribution is 5.77. The third kappa shape index (κ3) is 3.18. The zero-order valence-corrected chi connectivity index (χ0v) is 7.59. The molecule has 88 valence electrons. The summed E-state index contributed by atoms with van der Waals surface area (Å²) in [6, 6.07) is 2.13. The molecule has 1 aromatic rings. The molecule has 0 saturated heterocycles. The molecule has 0 heterocycles. The first kappa shape index (κ1) is 12.4. The molecule has 0 aliphatic heterocycles. The van der Waals surface area contributed by atoms with Crippen LogP contribution in [0.4, 0.5) is 22.0 Å². The van der Waals surface area contributed by atoms with E-state index >= 15 is 0 Å². The third-order valence-corrected chi connectivity index (χ3v) is 1.65. The molecule has 0 aromatic heterocycles. The molecule has 7 heteroatoms. The van der Waals surface area contributed by atoms with Crippen molar-refractivity contribution < 1.29 is 31.5 Å². The minimum atomic E-state index is -4.96. The smallest absolute Gasteiger partial charge is 0.406 e. The normalized spacial score (nSPS) is 11.6. The number of carbonyl (C=O) groups excluding carboxylic acids is 1. The van der Waals surface area contributed by atoms with Gasteiger partial charge in [0.15, 0.2) is 6.29 Å². The van der Waals surface area contributed by atoms with E-state index in [4.69, 9.17) is 0 Å². The predicted molar refractivity (Wildman–Crippen MR) is 43.5 cm³/mol. The average molecular weight is 240 g/mol. The van der Waals surface area contributed by atoms with Crippen molar-refractivity contribution in [1.82, 2.24) is 0 Å². The van der Waals surface area contributed by atoms with E-state index in [1.54, 1.807) is 0 Å². The maximum absolute atomic E-state index is 12.3. The number of halogens is 5. The summed E-state index contributed by atoms with van der Waals surface area (Å²) >= 11 is 0. The average Bonchev–Trinajstić information content (AvgIpc) is 2.15. The van der Waals surface area contributed by atoms with Crippen LogP contribution in [0.5, 0.6) is 5.75 Å². The zero-order chi connectivity index (χ0) is 12.3. The Bertz CT molecular complexity index is 386. The molecule has 0 radical (unpaired) electrons. The molecule has 0 bridgehead atoms. The van der Waals surface area contributed by atoms with E-state index in [1.165, 1.54) is 0 Å². The summed E-state index contributed by atoms with van der Waals surface area (Å²) in [5, 5.41) is 0. The van der Waals surface area contributed by atoms with E-state index in [0.717, 1.165) is 12.1 Å². The molecule has 1 aromatic carbocycles. The van der Waals surface area contributed by atoms with Gasteiger partial charge in [0.1, 0.15) is 5.75 Å². The van der Waals surface area contributed by atoms with Crippen LogP contribution in [0.2, 0.25) is 0 Å². The van der Waals surface area contributed by atoms with Crippen LogP contribution in [0.3, 0.4) is 0 Å². The van der Waals surface area contributed by atoms with Gasteiger partial charge in [-0.2, -0.15) is 0 Å². The summed E-state index contributed by atoms with van der Waals surface area (Å²) in [6.07, 6.45) is -7.86. The van der Waals surface area contributed by atoms with E-state index in [1.807, 2.05) is 0 Å². The van der Waals surface area contributed by atoms with Gasteiger partial charge in [0.2, 0.25) is 0 Å². The van der Waals surface area contributed by atoms with Crippen LogP contribution in [-0.2, 0) is 0 Å². The fraction of sp³-hybridized carbons (Fsp3) is 0.222. The lowest BCUT2D eigenvalue weighted by atomic mass is 10.1. The Hall–Kier alpha value is -1.66. The van der Waals surface area contributed by atoms with Crippen molar-refractivity contribution in [3.8, 4) is 5.75 Å². The standard InChI is InChI=1S/C9H5F5O2/c10-8(11)7-3-6(16-9(12,13)14)2-1-5(7)4-15/h1-4,8H. The number of hydrogen-bond donors (Lipinski definition) is 0. The van der Waals surface area contributed by atoms with Gasteiger partial charge in [0.05, 0.1) is 0 Å². The van der Waals surface area contributed by atoms with E-state index in [-0.39, 0.29) is 11.8 Å². The van der Waals surface area contributed by atoms with Crippen LogP contribution in [-0.4, -0.2) is 12.6 Å². The largest absolute Gasteiger partial charge is 0.573 e. The first-order chi connectivity index (χ1) is 7.33. The molecule has 16 heavy (non-hydrogen) atoms. The van der Waals surface area contributed by atoms with Crippen LogP contribution in [0.15, 0.2) is 18.2 Å². The maximum atomic E-state index is 12.3. The van der Waals surface area contributed by atoms with Crippen LogP contribution < -0.4 is 4.74 Å². The van der Waals surface area contributed by atoms with Crippen molar-refractivity contribution in [2.24, 2.45) is 0 Å². The van der Waals surface area contributed by atoms with Gasteiger partial charge in [-0.3, -0.25) is 4.79 Å². The summed E-state index contributed by atoms with van der Waals surface area (Å²) in [5.41, 5.74) is -1.17. The van der Waals surface area contributed by atoms with Crippen molar-refractivity contribution in [1.29, 1.82) is 0 Å². The summed E-state index contributed by atoms with van der Waals surface area (Å²) in [7, 11) is 0. The van der Waals surface area contributed by atoms with Crippen molar-refractivity contribution >= 4 is 6.29 Å². The highest BCUT2D eigenvalue weighted by Crippen LogP contribution is 2.29. The Kier molecular flexibility index (Phi) is 3.46. The summed E-state index contributed by atoms with van der Waals surface area (Å²) in [5.74, 6) is -0.784. The summed E-state index contributed by atoms with van der Waals surface area (Å²) in [4.78, 5) is 10.3. The molecule has 0 aliphatic rings. The Morgan fingerprint density at radius 3 is 2.31 bits per heavy atom. The second-order valence-electron chi connectivity index (χ2n) is 2.76. The van der Waals surface area contributed by atoms with Crippen molar-refractivity contribution in [3.63, 3.8) is 0 Å². The minimum Gasteiger partial charge on any atom is -0.406 e. The molecule has 0 aliphatic carbocycles. The Labute approximate surface area is 86.6 Å². The fourth-order valence-corrected chi connectivity index (χ4v) is 1.05. The number of aldehydes is 1. The molecule has 2 nitrogen and oxygen atoms in total. The lowest BCUT2D eigenvalue weighted by molar-refractivity contribution is -0.274. The fourth-order valence-electron chi connectivity index (χ4n) is 1.05. The molecule has 1 rings (SSSR count). The van der Waals surface area contributed by atoms with E-state index < -0.39 is 24.1 Å². The Morgan fingerprint density at radius 1 is 1.25 bits per heavy atom. The van der Waals surface area contributed by atoms with Crippen molar-refractivity contribution in [2.45, 2.75) is 12.8 Å². The number of benzene rings is 1. The summed E-state index contributed by atoms with van der Waals surface area (Å²) in [6.45, 7) is 0. The van der Waals surface area contributed by atoms with Crippen LogP contribution in [0.1, 0.15) is 22.3 Å². The highest BCUT2D eigenvalue weighted by Gasteiger charge is 2.31. The number of hydrogen-bond acceptors (Lipinski definition) is 2. The first-order valence-corrected chi connectivity index (χ1v) is 3.96. The molecule has 0 atom stereocenters. The monoisotopic (exact) mass is 240 g/mol. The lowest BCUT2D eigenvalue weighted by Crippen LogP contribution is -2.17. The first-order valence-electron chi connectivity index (χ1n) is 3.96. The van der Waals surface area contributed by atoms with Gasteiger partial charge in [-0.1, -0.05) is 0 Å². The maximum Gasteiger partial charge on any atom is 0.573 e. The van der Waals surface area contributed by atoms with Gasteiger partial charge in [0.25, 0.3) is 6.43 Å². The molecular formula is C9H5F5O2. The molecular weight excluding hydrogens is 235 g/mol. The number of rotatable bonds is 3. The lowest BCUT2D eigenvalue weighted by Gasteiger charge is -2.11. The SMILES string of the molecule is O=Cc1ccc(OC(F)(F)F)cc1C(F)F. The van der Waals surface area contributed by atoms with Gasteiger partial charge in [-0.25, -0.2) is 8.78 Å². The van der Waals surface area contributed by atoms with Crippen molar-refractivity contribution in [2.75, 3.05) is 0 Å². The zero-order valence-electron chi connectivity index (χ0n) is 7.59. The van der Waals surface area contributed by atoms with Gasteiger partial charge < -0.3 is 4.74 Å². The second kappa shape index (κ2) is 4.46. The molecule has 0 N–H and O–H groups in total. The van der Waals surface area contributed by atoms with E-state index in [0.29, 0.717) is 6.07 Å². The highest BCUT2D eigenvalue weighted by atomic mass is 19.4. The Morgan fingerprint density at radius 2 is 1.88 bits per heavy atom. The van der Waals surface area contributed by atoms with Crippen molar-refractivity contribution in [3.05, 3.63) is 29.3 Å². The van der Waals surface area contributed by atoms with Crippen LogP contribution in [0, 0.1) is 0 Å². The van der Waals surface area contributed by atoms with Crippen LogP contribution >= 0.6 is 0 Å². The van der Waals surface area contributed by atoms with E-state index in [2.05, 4.69) is 4.74 Å². The summed E-state index contributed by atoms with van der Waals surface area (Å²) < 4.78 is 63.4. The predicted octanol–water partition coefficient (Wildman–Crippen LogP) is 3.34. The molecule has 0 spiro atoms. The minimum absolute atomic E-state index is 0.138. The quantitative estimate of drug-likeness (QED) is 0.598. The third-order valence-electron chi connectivity index (χ3n) is 1.65. The van der Waals surface area contributed by atoms with Gasteiger partial charge in [-0.15, -0.1) is 13.2 Å².